The van der Waals surface area contributed by atoms with Gasteiger partial charge in [0.15, 0.2) is 0 Å². The molecule has 30 heavy (non-hydrogen) atoms. The molecule has 0 aliphatic carbocycles. The summed E-state index contributed by atoms with van der Waals surface area (Å²) < 4.78 is 28.1. The minimum Gasteiger partial charge on any atom is -0.361 e. The zero-order valence-corrected chi connectivity index (χ0v) is 16.6. The summed E-state index contributed by atoms with van der Waals surface area (Å²) in [6.45, 7) is 0.0408. The molecule has 0 radical (unpaired) electrons. The predicted molar refractivity (Wildman–Crippen MR) is 114 cm³/mol. The maximum Gasteiger partial charge on any atom is 0.265 e. The molecule has 0 saturated heterocycles. The number of pyridine rings is 1. The van der Waals surface area contributed by atoms with Crippen molar-refractivity contribution in [1.29, 1.82) is 0 Å². The van der Waals surface area contributed by atoms with Gasteiger partial charge >= 0.3 is 0 Å². The Morgan fingerprint density at radius 3 is 2.53 bits per heavy atom. The Hall–Kier alpha value is -3.71. The number of carbonyl (C=O) groups is 1. The molecule has 0 amide bonds. The van der Waals surface area contributed by atoms with Crippen molar-refractivity contribution in [3.8, 4) is 0 Å². The molecular weight excluding hydrogens is 398 g/mol. The molecule has 2 aromatic heterocycles. The van der Waals surface area contributed by atoms with Crippen LogP contribution in [0.25, 0.3) is 17.0 Å². The van der Waals surface area contributed by atoms with E-state index in [0.29, 0.717) is 0 Å². The Morgan fingerprint density at radius 2 is 1.70 bits per heavy atom. The Balaban J connectivity index is 1.72. The van der Waals surface area contributed by atoms with Crippen LogP contribution in [0.2, 0.25) is 0 Å². The quantitative estimate of drug-likeness (QED) is 0.513. The van der Waals surface area contributed by atoms with Crippen LogP contribution in [-0.4, -0.2) is 28.5 Å². The largest absolute Gasteiger partial charge is 0.361 e. The number of hydrogen-bond donors (Lipinski definition) is 1. The van der Waals surface area contributed by atoms with Gasteiger partial charge in [0.1, 0.15) is 5.70 Å². The minimum atomic E-state index is -3.91. The van der Waals surface area contributed by atoms with E-state index in [1.54, 1.807) is 55.0 Å². The average molecular weight is 415 g/mol. The summed E-state index contributed by atoms with van der Waals surface area (Å²) in [6, 6.07) is 17.5. The molecule has 0 atom stereocenters. The molecule has 1 N–H and O–H groups in total. The van der Waals surface area contributed by atoms with Crippen molar-refractivity contribution < 1.29 is 13.2 Å². The van der Waals surface area contributed by atoms with E-state index in [9.17, 15) is 13.2 Å². The van der Waals surface area contributed by atoms with Crippen LogP contribution in [0.1, 0.15) is 21.5 Å². The van der Waals surface area contributed by atoms with Crippen LogP contribution in [0.5, 0.6) is 0 Å². The van der Waals surface area contributed by atoms with Crippen molar-refractivity contribution >= 4 is 32.8 Å². The molecule has 0 unspecified atom stereocenters. The standard InChI is InChI=1S/C23H17N3O3S/c27-23-19-6-2-4-8-22(19)30(28,29)26(15-16-9-11-24-12-10-16)21(23)13-17-14-25-20-7-3-1-5-18(17)20/h1-14,25H,15H2/b21-13-. The van der Waals surface area contributed by atoms with Crippen molar-refractivity contribution in [3.05, 3.63) is 102 Å². The lowest BCUT2D eigenvalue weighted by atomic mass is 10.0. The molecule has 2 aromatic carbocycles. The number of carbonyl (C=O) groups excluding carboxylic acids is 1. The van der Waals surface area contributed by atoms with Gasteiger partial charge in [0, 0.05) is 40.6 Å². The third-order valence-electron chi connectivity index (χ3n) is 5.19. The molecule has 5 rings (SSSR count). The first kappa shape index (κ1) is 18.3. The lowest BCUT2D eigenvalue weighted by molar-refractivity contribution is 0.100. The average Bonchev–Trinajstić information content (AvgIpc) is 3.18. The topological polar surface area (TPSA) is 83.1 Å². The van der Waals surface area contributed by atoms with Crippen molar-refractivity contribution in [2.24, 2.45) is 0 Å². The molecule has 0 fully saturated rings. The Labute approximate surface area is 173 Å². The van der Waals surface area contributed by atoms with Crippen molar-refractivity contribution in [3.63, 3.8) is 0 Å². The second-order valence-electron chi connectivity index (χ2n) is 7.01. The summed E-state index contributed by atoms with van der Waals surface area (Å²) in [7, 11) is -3.91. The number of Topliss-reactive ketones (excluding diaryl/α,β-unsaturated/α-hetero) is 1. The van der Waals surface area contributed by atoms with E-state index in [2.05, 4.69) is 9.97 Å². The van der Waals surface area contributed by atoms with Gasteiger partial charge in [-0.15, -0.1) is 0 Å². The van der Waals surface area contributed by atoms with E-state index in [1.165, 1.54) is 10.4 Å². The third-order valence-corrected chi connectivity index (χ3v) is 7.01. The molecule has 3 heterocycles. The summed E-state index contributed by atoms with van der Waals surface area (Å²) in [5.41, 5.74) is 2.72. The van der Waals surface area contributed by atoms with Crippen LogP contribution >= 0.6 is 0 Å². The van der Waals surface area contributed by atoms with E-state index in [4.69, 9.17) is 0 Å². The normalized spacial score (nSPS) is 16.7. The monoisotopic (exact) mass is 415 g/mol. The van der Waals surface area contributed by atoms with Crippen LogP contribution in [0.4, 0.5) is 0 Å². The second kappa shape index (κ2) is 6.96. The smallest absolute Gasteiger partial charge is 0.265 e. The van der Waals surface area contributed by atoms with Gasteiger partial charge in [-0.25, -0.2) is 8.42 Å². The van der Waals surface area contributed by atoms with Crippen LogP contribution in [0, 0.1) is 0 Å². The Morgan fingerprint density at radius 1 is 0.967 bits per heavy atom. The molecule has 0 saturated carbocycles. The van der Waals surface area contributed by atoms with Gasteiger partial charge < -0.3 is 4.98 Å². The van der Waals surface area contributed by atoms with Crippen molar-refractivity contribution in [2.75, 3.05) is 0 Å². The summed E-state index contributed by atoms with van der Waals surface area (Å²) >= 11 is 0. The van der Waals surface area contributed by atoms with Crippen LogP contribution in [-0.2, 0) is 16.6 Å². The molecular formula is C23H17N3O3S. The van der Waals surface area contributed by atoms with Gasteiger partial charge in [0.2, 0.25) is 5.78 Å². The second-order valence-corrected chi connectivity index (χ2v) is 8.84. The molecule has 148 valence electrons. The predicted octanol–water partition coefficient (Wildman–Crippen LogP) is 3.99. The van der Waals surface area contributed by atoms with E-state index >= 15 is 0 Å². The minimum absolute atomic E-state index is 0.0279. The fourth-order valence-electron chi connectivity index (χ4n) is 3.70. The lowest BCUT2D eigenvalue weighted by Crippen LogP contribution is -2.38. The number of fused-ring (bicyclic) bond motifs is 2. The van der Waals surface area contributed by atoms with Crippen molar-refractivity contribution in [2.45, 2.75) is 11.4 Å². The summed E-state index contributed by atoms with van der Waals surface area (Å²) in [4.78, 5) is 20.5. The SMILES string of the molecule is O=C1/C(=C/c2c[nH]c3ccccc23)N(Cc2ccncc2)S(=O)(=O)c2ccccc21. The number of H-pyrrole nitrogens is 1. The third kappa shape index (κ3) is 2.91. The fourth-order valence-corrected chi connectivity index (χ4v) is 5.34. The van der Waals surface area contributed by atoms with E-state index < -0.39 is 10.0 Å². The number of hydrogen-bond acceptors (Lipinski definition) is 4. The number of allylic oxidation sites excluding steroid dienone is 1. The van der Waals surface area contributed by atoms with Gasteiger partial charge in [0.05, 0.1) is 11.4 Å². The molecule has 1 aliphatic heterocycles. The van der Waals surface area contributed by atoms with Gasteiger partial charge in [0.25, 0.3) is 10.0 Å². The molecule has 7 heteroatoms. The van der Waals surface area contributed by atoms with Crippen LogP contribution < -0.4 is 0 Å². The maximum absolute atomic E-state index is 13.5. The van der Waals surface area contributed by atoms with E-state index in [1.807, 2.05) is 24.3 Å². The highest BCUT2D eigenvalue weighted by atomic mass is 32.2. The number of nitrogens with zero attached hydrogens (tertiary/aromatic N) is 2. The number of benzene rings is 2. The Kier molecular flexibility index (Phi) is 4.25. The molecule has 6 nitrogen and oxygen atoms in total. The number of aromatic amines is 1. The first-order chi connectivity index (χ1) is 14.6. The first-order valence-electron chi connectivity index (χ1n) is 9.39. The van der Waals surface area contributed by atoms with E-state index in [0.717, 1.165) is 22.0 Å². The summed E-state index contributed by atoms with van der Waals surface area (Å²) in [5.74, 6) is -0.320. The van der Waals surface area contributed by atoms with Crippen LogP contribution in [0.3, 0.4) is 0 Å². The van der Waals surface area contributed by atoms with Crippen molar-refractivity contribution in [1.82, 2.24) is 14.3 Å². The number of rotatable bonds is 3. The fraction of sp³-hybridized carbons (Fsp3) is 0.0435. The molecule has 1 aliphatic rings. The number of nitrogens with one attached hydrogen (secondary N) is 1. The highest BCUT2D eigenvalue weighted by Gasteiger charge is 2.39. The van der Waals surface area contributed by atoms with E-state index in [-0.39, 0.29) is 28.5 Å². The maximum atomic E-state index is 13.5. The highest BCUT2D eigenvalue weighted by molar-refractivity contribution is 7.89. The van der Waals surface area contributed by atoms with Crippen LogP contribution in [0.15, 0.2) is 89.8 Å². The molecule has 0 spiro atoms. The summed E-state index contributed by atoms with van der Waals surface area (Å²) in [5, 5.41) is 0.915. The zero-order valence-electron chi connectivity index (χ0n) is 15.8. The molecule has 0 bridgehead atoms. The summed E-state index contributed by atoms with van der Waals surface area (Å²) in [6.07, 6.45) is 6.63. The Bertz CT molecular complexity index is 1410. The number of aromatic nitrogens is 2. The molecule has 4 aromatic rings. The highest BCUT2D eigenvalue weighted by Crippen LogP contribution is 2.35. The first-order valence-corrected chi connectivity index (χ1v) is 10.8. The number of sulfonamides is 1. The number of ketones is 1. The van der Waals surface area contributed by atoms with Gasteiger partial charge in [-0.05, 0) is 42.0 Å². The van der Waals surface area contributed by atoms with Gasteiger partial charge in [-0.3, -0.25) is 14.1 Å². The number of para-hydroxylation sites is 1. The zero-order chi connectivity index (χ0) is 20.7. The van der Waals surface area contributed by atoms with Gasteiger partial charge in [-0.2, -0.15) is 0 Å². The van der Waals surface area contributed by atoms with Gasteiger partial charge in [-0.1, -0.05) is 30.3 Å². The lowest BCUT2D eigenvalue weighted by Gasteiger charge is -2.31.